The lowest BCUT2D eigenvalue weighted by Crippen LogP contribution is -2.36. The summed E-state index contributed by atoms with van der Waals surface area (Å²) in [5.74, 6) is 0.844. The van der Waals surface area contributed by atoms with E-state index in [1.54, 1.807) is 7.11 Å². The first-order valence-corrected chi connectivity index (χ1v) is 6.71. The molecule has 1 aromatic carbocycles. The molecular weight excluding hydrogens is 256 g/mol. The monoisotopic (exact) mass is 280 g/mol. The summed E-state index contributed by atoms with van der Waals surface area (Å²) < 4.78 is 10.3. The van der Waals surface area contributed by atoms with Crippen LogP contribution in [0.1, 0.15) is 26.3 Å². The fourth-order valence-corrected chi connectivity index (χ4v) is 1.58. The van der Waals surface area contributed by atoms with Gasteiger partial charge in [0.2, 0.25) is 0 Å². The molecule has 5 heteroatoms. The van der Waals surface area contributed by atoms with Crippen LogP contribution in [-0.2, 0) is 11.3 Å². The van der Waals surface area contributed by atoms with Crippen molar-refractivity contribution < 1.29 is 14.3 Å². The van der Waals surface area contributed by atoms with Gasteiger partial charge in [0.15, 0.2) is 0 Å². The maximum atomic E-state index is 11.4. The highest BCUT2D eigenvalue weighted by molar-refractivity contribution is 5.67. The molecule has 0 saturated carbocycles. The number of methoxy groups -OCH3 is 1. The molecule has 112 valence electrons. The van der Waals surface area contributed by atoms with E-state index < -0.39 is 5.60 Å². The first-order valence-electron chi connectivity index (χ1n) is 6.71. The molecule has 0 fully saturated rings. The quantitative estimate of drug-likeness (QED) is 0.785. The van der Waals surface area contributed by atoms with E-state index in [9.17, 15) is 4.79 Å². The summed E-state index contributed by atoms with van der Waals surface area (Å²) in [6.07, 6.45) is -0.388. The Labute approximate surface area is 120 Å². The third kappa shape index (κ3) is 6.99. The molecule has 0 radical (unpaired) electrons. The van der Waals surface area contributed by atoms with Crippen molar-refractivity contribution in [2.24, 2.45) is 0 Å². The van der Waals surface area contributed by atoms with Gasteiger partial charge in [-0.1, -0.05) is 12.1 Å². The van der Waals surface area contributed by atoms with Crippen LogP contribution in [0.5, 0.6) is 5.75 Å². The van der Waals surface area contributed by atoms with E-state index in [1.807, 2.05) is 45.0 Å². The van der Waals surface area contributed by atoms with Crippen LogP contribution in [0.3, 0.4) is 0 Å². The van der Waals surface area contributed by atoms with Crippen molar-refractivity contribution in [3.63, 3.8) is 0 Å². The Kier molecular flexibility index (Phi) is 6.31. The van der Waals surface area contributed by atoms with Crippen LogP contribution in [0.4, 0.5) is 4.79 Å². The van der Waals surface area contributed by atoms with Gasteiger partial charge in [-0.05, 0) is 38.5 Å². The SMILES string of the molecule is COc1cccc(CNCCNC(=O)OC(C)(C)C)c1. The second kappa shape index (κ2) is 7.75. The zero-order valence-electron chi connectivity index (χ0n) is 12.7. The lowest BCUT2D eigenvalue weighted by atomic mass is 10.2. The molecule has 0 heterocycles. The van der Waals surface area contributed by atoms with Crippen molar-refractivity contribution in [3.8, 4) is 5.75 Å². The summed E-state index contributed by atoms with van der Waals surface area (Å²) in [4.78, 5) is 11.4. The number of ether oxygens (including phenoxy) is 2. The molecule has 0 aliphatic rings. The highest BCUT2D eigenvalue weighted by Gasteiger charge is 2.15. The summed E-state index contributed by atoms with van der Waals surface area (Å²) >= 11 is 0. The molecule has 0 aliphatic heterocycles. The fourth-order valence-electron chi connectivity index (χ4n) is 1.58. The van der Waals surface area contributed by atoms with Gasteiger partial charge < -0.3 is 20.1 Å². The van der Waals surface area contributed by atoms with E-state index in [4.69, 9.17) is 9.47 Å². The van der Waals surface area contributed by atoms with Gasteiger partial charge in [-0.15, -0.1) is 0 Å². The molecule has 0 spiro atoms. The Hall–Kier alpha value is -1.75. The Bertz CT molecular complexity index is 427. The molecule has 0 aliphatic carbocycles. The highest BCUT2D eigenvalue weighted by atomic mass is 16.6. The average Bonchev–Trinajstić information content (AvgIpc) is 2.36. The largest absolute Gasteiger partial charge is 0.497 e. The van der Waals surface area contributed by atoms with Gasteiger partial charge in [0, 0.05) is 19.6 Å². The second-order valence-electron chi connectivity index (χ2n) is 5.46. The molecule has 0 atom stereocenters. The zero-order chi connectivity index (χ0) is 15.0. The van der Waals surface area contributed by atoms with E-state index in [2.05, 4.69) is 10.6 Å². The van der Waals surface area contributed by atoms with Crippen LogP contribution < -0.4 is 15.4 Å². The van der Waals surface area contributed by atoms with Crippen LogP contribution in [0, 0.1) is 0 Å². The maximum Gasteiger partial charge on any atom is 0.407 e. The van der Waals surface area contributed by atoms with Gasteiger partial charge >= 0.3 is 6.09 Å². The van der Waals surface area contributed by atoms with E-state index in [-0.39, 0.29) is 6.09 Å². The Balaban J connectivity index is 2.17. The van der Waals surface area contributed by atoms with Gasteiger partial charge in [-0.25, -0.2) is 4.79 Å². The third-order valence-electron chi connectivity index (χ3n) is 2.43. The fraction of sp³-hybridized carbons (Fsp3) is 0.533. The summed E-state index contributed by atoms with van der Waals surface area (Å²) in [6.45, 7) is 7.46. The van der Waals surface area contributed by atoms with Crippen LogP contribution in [0.15, 0.2) is 24.3 Å². The van der Waals surface area contributed by atoms with Gasteiger partial charge in [0.25, 0.3) is 0 Å². The molecule has 1 rings (SSSR count). The van der Waals surface area contributed by atoms with Crippen molar-refractivity contribution in [2.45, 2.75) is 32.9 Å². The number of hydrogen-bond acceptors (Lipinski definition) is 4. The Morgan fingerprint density at radius 2 is 2.00 bits per heavy atom. The van der Waals surface area contributed by atoms with E-state index in [0.29, 0.717) is 13.1 Å². The Morgan fingerprint density at radius 1 is 1.25 bits per heavy atom. The van der Waals surface area contributed by atoms with E-state index >= 15 is 0 Å². The number of nitrogens with one attached hydrogen (secondary N) is 2. The van der Waals surface area contributed by atoms with Gasteiger partial charge in [0.1, 0.15) is 11.4 Å². The molecule has 0 bridgehead atoms. The Morgan fingerprint density at radius 3 is 2.65 bits per heavy atom. The standard InChI is InChI=1S/C15H24N2O3/c1-15(2,3)20-14(18)17-9-8-16-11-12-6-5-7-13(10-12)19-4/h5-7,10,16H,8-9,11H2,1-4H3,(H,17,18). The number of carbonyl (C=O) groups excluding carboxylic acids is 1. The predicted octanol–water partition coefficient (Wildman–Crippen LogP) is 2.31. The number of amides is 1. The number of benzene rings is 1. The van der Waals surface area contributed by atoms with Crippen molar-refractivity contribution in [3.05, 3.63) is 29.8 Å². The minimum atomic E-state index is -0.460. The summed E-state index contributed by atoms with van der Waals surface area (Å²) in [5, 5.41) is 5.95. The zero-order valence-corrected chi connectivity index (χ0v) is 12.7. The van der Waals surface area contributed by atoms with Crippen LogP contribution in [0.2, 0.25) is 0 Å². The predicted molar refractivity (Wildman–Crippen MR) is 78.9 cm³/mol. The highest BCUT2D eigenvalue weighted by Crippen LogP contribution is 2.11. The van der Waals surface area contributed by atoms with Gasteiger partial charge in [0.05, 0.1) is 7.11 Å². The lowest BCUT2D eigenvalue weighted by Gasteiger charge is -2.19. The normalized spacial score (nSPS) is 11.0. The van der Waals surface area contributed by atoms with Gasteiger partial charge in [-0.3, -0.25) is 0 Å². The maximum absolute atomic E-state index is 11.4. The number of alkyl carbamates (subject to hydrolysis) is 1. The number of rotatable bonds is 6. The summed E-state index contributed by atoms with van der Waals surface area (Å²) in [5.41, 5.74) is 0.680. The molecular formula is C15H24N2O3. The second-order valence-corrected chi connectivity index (χ2v) is 5.46. The average molecular weight is 280 g/mol. The van der Waals surface area contributed by atoms with Crippen molar-refractivity contribution in [2.75, 3.05) is 20.2 Å². The van der Waals surface area contributed by atoms with E-state index in [1.165, 1.54) is 0 Å². The van der Waals surface area contributed by atoms with Crippen LogP contribution in [-0.4, -0.2) is 31.9 Å². The molecule has 5 nitrogen and oxygen atoms in total. The molecule has 1 aromatic rings. The van der Waals surface area contributed by atoms with E-state index in [0.717, 1.165) is 17.9 Å². The number of hydrogen-bond donors (Lipinski definition) is 2. The third-order valence-corrected chi connectivity index (χ3v) is 2.43. The minimum Gasteiger partial charge on any atom is -0.497 e. The topological polar surface area (TPSA) is 59.6 Å². The van der Waals surface area contributed by atoms with Crippen LogP contribution in [0.25, 0.3) is 0 Å². The molecule has 0 saturated heterocycles. The molecule has 0 aromatic heterocycles. The van der Waals surface area contributed by atoms with Gasteiger partial charge in [-0.2, -0.15) is 0 Å². The van der Waals surface area contributed by atoms with Crippen LogP contribution >= 0.6 is 0 Å². The summed E-state index contributed by atoms with van der Waals surface area (Å²) in [7, 11) is 1.65. The van der Waals surface area contributed by atoms with Crippen molar-refractivity contribution in [1.82, 2.24) is 10.6 Å². The molecule has 20 heavy (non-hydrogen) atoms. The van der Waals surface area contributed by atoms with Crippen molar-refractivity contribution >= 4 is 6.09 Å². The van der Waals surface area contributed by atoms with Crippen molar-refractivity contribution in [1.29, 1.82) is 0 Å². The first kappa shape index (κ1) is 16.3. The minimum absolute atomic E-state index is 0.388. The molecule has 1 amide bonds. The first-order chi connectivity index (χ1) is 9.40. The molecule has 2 N–H and O–H groups in total. The number of carbonyl (C=O) groups is 1. The molecule has 0 unspecified atom stereocenters. The lowest BCUT2D eigenvalue weighted by molar-refractivity contribution is 0.0528. The summed E-state index contributed by atoms with van der Waals surface area (Å²) in [6, 6.07) is 7.87. The smallest absolute Gasteiger partial charge is 0.407 e.